The largest absolute Gasteiger partial charge is 0.497 e. The molecule has 0 aliphatic rings. The zero-order valence-electron chi connectivity index (χ0n) is 16.1. The van der Waals surface area contributed by atoms with E-state index in [-0.39, 0.29) is 12.6 Å². The number of nitrogens with one attached hydrogen (secondary N) is 1. The molecular weight excluding hydrogens is 402 g/mol. The van der Waals surface area contributed by atoms with Gasteiger partial charge in [-0.2, -0.15) is 0 Å². The molecule has 2 heterocycles. The van der Waals surface area contributed by atoms with Crippen molar-refractivity contribution in [2.75, 3.05) is 12.4 Å². The smallest absolute Gasteiger partial charge is 0.182 e. The van der Waals surface area contributed by atoms with E-state index < -0.39 is 0 Å². The van der Waals surface area contributed by atoms with Crippen molar-refractivity contribution in [3.05, 3.63) is 78.2 Å². The first-order chi connectivity index (χ1) is 14.7. The number of benzene rings is 2. The average molecular weight is 420 g/mol. The van der Waals surface area contributed by atoms with Crippen molar-refractivity contribution >= 4 is 46.5 Å². The normalized spacial score (nSPS) is 9.93. The Morgan fingerprint density at radius 1 is 0.967 bits per heavy atom. The number of fused-ring (bicyclic) bond motifs is 1. The summed E-state index contributed by atoms with van der Waals surface area (Å²) in [5, 5.41) is 4.96. The SMILES string of the molecule is COc1ccc(Nc2ccc(Cl)c3cc(-c4cccnc4)cnc23)cc1.O=CC=O. The van der Waals surface area contributed by atoms with Crippen LogP contribution in [-0.4, -0.2) is 29.7 Å². The Balaban J connectivity index is 0.000000589. The monoisotopic (exact) mass is 419 g/mol. The maximum atomic E-state index is 8.81. The maximum absolute atomic E-state index is 8.81. The van der Waals surface area contributed by atoms with E-state index in [1.165, 1.54) is 0 Å². The zero-order valence-corrected chi connectivity index (χ0v) is 16.8. The number of methoxy groups -OCH3 is 1. The number of aromatic nitrogens is 2. The van der Waals surface area contributed by atoms with Gasteiger partial charge in [-0.3, -0.25) is 19.6 Å². The van der Waals surface area contributed by atoms with Gasteiger partial charge in [-0.25, -0.2) is 0 Å². The number of carbonyl (C=O) groups excluding carboxylic acids is 2. The van der Waals surface area contributed by atoms with Crippen LogP contribution in [0.3, 0.4) is 0 Å². The molecule has 6 nitrogen and oxygen atoms in total. The lowest BCUT2D eigenvalue weighted by molar-refractivity contribution is -0.122. The van der Waals surface area contributed by atoms with Gasteiger partial charge >= 0.3 is 0 Å². The molecule has 0 spiro atoms. The molecule has 0 unspecified atom stereocenters. The summed E-state index contributed by atoms with van der Waals surface area (Å²) < 4.78 is 5.20. The van der Waals surface area contributed by atoms with Crippen molar-refractivity contribution in [3.63, 3.8) is 0 Å². The highest BCUT2D eigenvalue weighted by Crippen LogP contribution is 2.33. The minimum Gasteiger partial charge on any atom is -0.497 e. The molecule has 0 amide bonds. The van der Waals surface area contributed by atoms with E-state index >= 15 is 0 Å². The first-order valence-electron chi connectivity index (χ1n) is 8.95. The topological polar surface area (TPSA) is 81.2 Å². The first-order valence-corrected chi connectivity index (χ1v) is 9.32. The highest BCUT2D eigenvalue weighted by Gasteiger charge is 2.09. The number of aldehydes is 2. The number of anilines is 2. The second-order valence-corrected chi connectivity index (χ2v) is 6.49. The van der Waals surface area contributed by atoms with Gasteiger partial charge in [-0.15, -0.1) is 0 Å². The summed E-state index contributed by atoms with van der Waals surface area (Å²) in [6.45, 7) is 0. The van der Waals surface area contributed by atoms with Gasteiger partial charge in [0, 0.05) is 40.8 Å². The van der Waals surface area contributed by atoms with E-state index in [1.807, 2.05) is 67.0 Å². The average Bonchev–Trinajstić information content (AvgIpc) is 2.82. The molecule has 0 aliphatic carbocycles. The van der Waals surface area contributed by atoms with E-state index in [0.29, 0.717) is 5.02 Å². The van der Waals surface area contributed by atoms with Crippen molar-refractivity contribution in [1.82, 2.24) is 9.97 Å². The second-order valence-electron chi connectivity index (χ2n) is 6.08. The molecule has 4 aromatic rings. The highest BCUT2D eigenvalue weighted by atomic mass is 35.5. The van der Waals surface area contributed by atoms with Crippen molar-refractivity contribution in [2.45, 2.75) is 0 Å². The fraction of sp³-hybridized carbons (Fsp3) is 0.0435. The van der Waals surface area contributed by atoms with Gasteiger partial charge in [0.15, 0.2) is 12.6 Å². The number of hydrogen-bond donors (Lipinski definition) is 1. The van der Waals surface area contributed by atoms with Crippen LogP contribution >= 0.6 is 11.6 Å². The Morgan fingerprint density at radius 3 is 2.37 bits per heavy atom. The third-order valence-electron chi connectivity index (χ3n) is 4.22. The van der Waals surface area contributed by atoms with Gasteiger partial charge in [0.2, 0.25) is 0 Å². The number of carbonyl (C=O) groups is 2. The first kappa shape index (κ1) is 21.0. The van der Waals surface area contributed by atoms with Crippen LogP contribution in [-0.2, 0) is 9.59 Å². The predicted molar refractivity (Wildman–Crippen MR) is 118 cm³/mol. The predicted octanol–water partition coefficient (Wildman–Crippen LogP) is 5.09. The molecule has 0 radical (unpaired) electrons. The molecule has 0 aliphatic heterocycles. The third-order valence-corrected chi connectivity index (χ3v) is 4.55. The lowest BCUT2D eigenvalue weighted by Crippen LogP contribution is -1.94. The van der Waals surface area contributed by atoms with Gasteiger partial charge in [0.25, 0.3) is 0 Å². The second kappa shape index (κ2) is 10.1. The fourth-order valence-corrected chi connectivity index (χ4v) is 3.02. The molecule has 4 rings (SSSR count). The van der Waals surface area contributed by atoms with Crippen LogP contribution in [0.25, 0.3) is 22.0 Å². The summed E-state index contributed by atoms with van der Waals surface area (Å²) in [5.74, 6) is 0.816. The summed E-state index contributed by atoms with van der Waals surface area (Å²) in [4.78, 5) is 26.4. The lowest BCUT2D eigenvalue weighted by atomic mass is 10.1. The molecule has 0 bridgehead atoms. The lowest BCUT2D eigenvalue weighted by Gasteiger charge is -2.12. The molecule has 0 atom stereocenters. The Hall–Kier alpha value is -3.77. The van der Waals surface area contributed by atoms with Gasteiger partial charge in [0.05, 0.1) is 23.3 Å². The van der Waals surface area contributed by atoms with Crippen LogP contribution in [0, 0.1) is 0 Å². The molecule has 150 valence electrons. The third kappa shape index (κ3) is 4.98. The summed E-state index contributed by atoms with van der Waals surface area (Å²) >= 11 is 6.43. The van der Waals surface area contributed by atoms with Gasteiger partial charge in [-0.1, -0.05) is 17.7 Å². The van der Waals surface area contributed by atoms with E-state index in [4.69, 9.17) is 25.9 Å². The van der Waals surface area contributed by atoms with Crippen molar-refractivity contribution < 1.29 is 14.3 Å². The summed E-state index contributed by atoms with van der Waals surface area (Å²) in [6.07, 6.45) is 5.80. The highest BCUT2D eigenvalue weighted by molar-refractivity contribution is 6.36. The Labute approximate surface area is 178 Å². The van der Waals surface area contributed by atoms with E-state index in [2.05, 4.69) is 15.3 Å². The number of halogens is 1. The van der Waals surface area contributed by atoms with Crippen LogP contribution in [0.5, 0.6) is 5.75 Å². The van der Waals surface area contributed by atoms with Crippen molar-refractivity contribution in [2.24, 2.45) is 0 Å². The molecule has 0 fully saturated rings. The number of nitrogens with zero attached hydrogens (tertiary/aromatic N) is 2. The quantitative estimate of drug-likeness (QED) is 0.358. The van der Waals surface area contributed by atoms with E-state index in [9.17, 15) is 0 Å². The molecule has 30 heavy (non-hydrogen) atoms. The van der Waals surface area contributed by atoms with Crippen LogP contribution in [0.4, 0.5) is 11.4 Å². The summed E-state index contributed by atoms with van der Waals surface area (Å²) in [7, 11) is 1.65. The Kier molecular flexibility index (Phi) is 7.08. The molecule has 7 heteroatoms. The van der Waals surface area contributed by atoms with Crippen LogP contribution in [0.1, 0.15) is 0 Å². The zero-order chi connectivity index (χ0) is 21.3. The van der Waals surface area contributed by atoms with Gasteiger partial charge in [0.1, 0.15) is 5.75 Å². The molecule has 2 aromatic heterocycles. The minimum atomic E-state index is 0.194. The van der Waals surface area contributed by atoms with Gasteiger partial charge < -0.3 is 10.1 Å². The Bertz CT molecular complexity index is 1140. The number of pyridine rings is 2. The summed E-state index contributed by atoms with van der Waals surface area (Å²) in [5.41, 5.74) is 4.65. The minimum absolute atomic E-state index is 0.194. The number of rotatable bonds is 5. The maximum Gasteiger partial charge on any atom is 0.182 e. The van der Waals surface area contributed by atoms with Gasteiger partial charge in [-0.05, 0) is 48.5 Å². The molecule has 1 N–H and O–H groups in total. The summed E-state index contributed by atoms with van der Waals surface area (Å²) in [6, 6.07) is 17.5. The van der Waals surface area contributed by atoms with Crippen molar-refractivity contribution in [1.29, 1.82) is 0 Å². The molecule has 2 aromatic carbocycles. The van der Waals surface area contributed by atoms with Crippen LogP contribution < -0.4 is 10.1 Å². The van der Waals surface area contributed by atoms with E-state index in [1.54, 1.807) is 13.3 Å². The fourth-order valence-electron chi connectivity index (χ4n) is 2.81. The Morgan fingerprint density at radius 2 is 1.73 bits per heavy atom. The molecule has 0 saturated carbocycles. The molecule has 0 saturated heterocycles. The van der Waals surface area contributed by atoms with Crippen LogP contribution in [0.2, 0.25) is 5.02 Å². The van der Waals surface area contributed by atoms with E-state index in [0.717, 1.165) is 39.2 Å². The van der Waals surface area contributed by atoms with Crippen LogP contribution in [0.15, 0.2) is 73.2 Å². The van der Waals surface area contributed by atoms with Crippen molar-refractivity contribution in [3.8, 4) is 16.9 Å². The molecular formula is C23H18ClN3O3. The number of hydrogen-bond acceptors (Lipinski definition) is 6. The standard InChI is InChI=1S/C21H16ClN3O.C2H2O2/c1-26-17-6-4-16(5-7-17)25-20-9-8-19(22)18-11-15(13-24-21(18)20)14-3-2-10-23-12-14;3-1-2-4/h2-13,25H,1H3;1-2H. The number of ether oxygens (including phenoxy) is 1.